The van der Waals surface area contributed by atoms with E-state index in [1.54, 1.807) is 17.0 Å². The summed E-state index contributed by atoms with van der Waals surface area (Å²) in [6.07, 6.45) is 0. The number of amides is 1. The highest BCUT2D eigenvalue weighted by Crippen LogP contribution is 2.41. The van der Waals surface area contributed by atoms with Gasteiger partial charge in [0, 0.05) is 5.69 Å². The predicted octanol–water partition coefficient (Wildman–Crippen LogP) is 1.83. The van der Waals surface area contributed by atoms with Crippen LogP contribution >= 0.6 is 11.8 Å². The number of nitrogens with zero attached hydrogens (tertiary/aromatic N) is 1. The summed E-state index contributed by atoms with van der Waals surface area (Å²) in [5, 5.41) is 10.9. The van der Waals surface area contributed by atoms with E-state index in [-0.39, 0.29) is 16.8 Å². The molecule has 1 saturated heterocycles. The lowest BCUT2D eigenvalue weighted by molar-refractivity contribution is -0.255. The number of anilines is 1. The summed E-state index contributed by atoms with van der Waals surface area (Å²) in [7, 11) is 0. The van der Waals surface area contributed by atoms with Crippen molar-refractivity contribution in [1.82, 2.24) is 0 Å². The van der Waals surface area contributed by atoms with Gasteiger partial charge < -0.3 is 9.90 Å². The smallest absolute Gasteiger partial charge is 0.238 e. The van der Waals surface area contributed by atoms with Crippen LogP contribution in [-0.4, -0.2) is 17.6 Å². The van der Waals surface area contributed by atoms with E-state index in [2.05, 4.69) is 0 Å². The van der Waals surface area contributed by atoms with Crippen molar-refractivity contribution < 1.29 is 14.7 Å². The summed E-state index contributed by atoms with van der Waals surface area (Å²) < 4.78 is 0. The van der Waals surface area contributed by atoms with Crippen molar-refractivity contribution >= 4 is 29.3 Å². The van der Waals surface area contributed by atoms with E-state index < -0.39 is 5.97 Å². The summed E-state index contributed by atoms with van der Waals surface area (Å²) in [5.74, 6) is -0.883. The van der Waals surface area contributed by atoms with Crippen molar-refractivity contribution in [2.75, 3.05) is 10.7 Å². The first kappa shape index (κ1) is 13.7. The number of rotatable bonds is 3. The van der Waals surface area contributed by atoms with Crippen LogP contribution in [0.5, 0.6) is 0 Å². The van der Waals surface area contributed by atoms with E-state index in [9.17, 15) is 14.7 Å². The van der Waals surface area contributed by atoms with Gasteiger partial charge in [-0.05, 0) is 23.3 Å². The molecule has 2 aromatic carbocycles. The molecule has 1 heterocycles. The Kier molecular flexibility index (Phi) is 3.66. The van der Waals surface area contributed by atoms with Crippen molar-refractivity contribution in [2.24, 2.45) is 0 Å². The van der Waals surface area contributed by atoms with Gasteiger partial charge in [0.2, 0.25) is 5.91 Å². The number of hydrogen-bond acceptors (Lipinski definition) is 4. The summed E-state index contributed by atoms with van der Waals surface area (Å²) in [6.45, 7) is 0. The Bertz CT molecular complexity index is 687. The molecule has 1 fully saturated rings. The van der Waals surface area contributed by atoms with Gasteiger partial charge in [-0.3, -0.25) is 9.69 Å². The molecule has 0 saturated carbocycles. The topological polar surface area (TPSA) is 60.4 Å². The first-order valence-corrected chi connectivity index (χ1v) is 7.52. The summed E-state index contributed by atoms with van der Waals surface area (Å²) in [5.41, 5.74) is 1.68. The lowest BCUT2D eigenvalue weighted by atomic mass is 10.1. The van der Waals surface area contributed by atoms with Crippen LogP contribution in [0, 0.1) is 0 Å². The molecule has 0 N–H and O–H groups in total. The van der Waals surface area contributed by atoms with Crippen LogP contribution in [-0.2, 0) is 4.79 Å². The number of aromatic carboxylic acids is 1. The van der Waals surface area contributed by atoms with Crippen LogP contribution in [0.25, 0.3) is 0 Å². The molecular formula is C16H12NO3S-. The minimum atomic E-state index is -1.24. The van der Waals surface area contributed by atoms with Crippen LogP contribution in [0.4, 0.5) is 5.69 Å². The van der Waals surface area contributed by atoms with E-state index in [4.69, 9.17) is 0 Å². The molecule has 1 aliphatic rings. The monoisotopic (exact) mass is 298 g/mol. The molecule has 0 radical (unpaired) electrons. The second-order valence-electron chi connectivity index (χ2n) is 4.68. The van der Waals surface area contributed by atoms with E-state index in [1.165, 1.54) is 23.9 Å². The molecule has 0 bridgehead atoms. The lowest BCUT2D eigenvalue weighted by Gasteiger charge is -2.25. The Balaban J connectivity index is 2.00. The van der Waals surface area contributed by atoms with Gasteiger partial charge in [-0.15, -0.1) is 11.8 Å². The lowest BCUT2D eigenvalue weighted by Crippen LogP contribution is -2.28. The fourth-order valence-corrected chi connectivity index (χ4v) is 3.53. The summed E-state index contributed by atoms with van der Waals surface area (Å²) in [6, 6.07) is 16.0. The highest BCUT2D eigenvalue weighted by atomic mass is 32.2. The van der Waals surface area contributed by atoms with Gasteiger partial charge in [0.05, 0.1) is 11.7 Å². The minimum absolute atomic E-state index is 0.0237. The van der Waals surface area contributed by atoms with Crippen LogP contribution in [0.3, 0.4) is 0 Å². The van der Waals surface area contributed by atoms with Crippen LogP contribution < -0.4 is 10.0 Å². The average Bonchev–Trinajstić information content (AvgIpc) is 2.90. The van der Waals surface area contributed by atoms with Gasteiger partial charge in [0.15, 0.2) is 0 Å². The molecule has 106 valence electrons. The molecule has 0 aromatic heterocycles. The zero-order chi connectivity index (χ0) is 14.8. The Morgan fingerprint density at radius 2 is 1.90 bits per heavy atom. The fraction of sp³-hybridized carbons (Fsp3) is 0.125. The quantitative estimate of drug-likeness (QED) is 0.867. The molecule has 5 heteroatoms. The number of benzene rings is 2. The van der Waals surface area contributed by atoms with Crippen molar-refractivity contribution in [1.29, 1.82) is 0 Å². The Morgan fingerprint density at radius 1 is 1.14 bits per heavy atom. The number of hydrogen-bond donors (Lipinski definition) is 0. The largest absolute Gasteiger partial charge is 0.545 e. The average molecular weight is 298 g/mol. The van der Waals surface area contributed by atoms with Crippen LogP contribution in [0.15, 0.2) is 54.6 Å². The maximum atomic E-state index is 12.2. The van der Waals surface area contributed by atoms with E-state index in [0.29, 0.717) is 11.4 Å². The molecule has 1 amide bonds. The third-order valence-electron chi connectivity index (χ3n) is 3.31. The molecule has 0 aliphatic carbocycles. The van der Waals surface area contributed by atoms with Gasteiger partial charge in [0.25, 0.3) is 0 Å². The van der Waals surface area contributed by atoms with Crippen molar-refractivity contribution in [3.05, 3.63) is 65.7 Å². The molecule has 21 heavy (non-hydrogen) atoms. The third-order valence-corrected chi connectivity index (χ3v) is 4.52. The van der Waals surface area contributed by atoms with Gasteiger partial charge in [-0.2, -0.15) is 0 Å². The summed E-state index contributed by atoms with van der Waals surface area (Å²) >= 11 is 1.53. The standard InChI is InChI=1S/C16H13NO3S/c18-14-10-21-15(11-5-2-1-3-6-11)17(14)13-8-4-7-12(9-13)16(19)20/h1-9,15H,10H2,(H,19,20)/p-1/t15-/m1/s1. The number of carbonyl (C=O) groups is 2. The molecule has 1 atom stereocenters. The molecule has 2 aromatic rings. The maximum absolute atomic E-state index is 12.2. The first-order chi connectivity index (χ1) is 10.2. The highest BCUT2D eigenvalue weighted by molar-refractivity contribution is 8.00. The van der Waals surface area contributed by atoms with E-state index in [0.717, 1.165) is 5.56 Å². The number of thioether (sulfide) groups is 1. The fourth-order valence-electron chi connectivity index (χ4n) is 2.35. The van der Waals surface area contributed by atoms with E-state index >= 15 is 0 Å². The van der Waals surface area contributed by atoms with Crippen LogP contribution in [0.1, 0.15) is 21.3 Å². The maximum Gasteiger partial charge on any atom is 0.238 e. The third kappa shape index (κ3) is 2.64. The van der Waals surface area contributed by atoms with Crippen molar-refractivity contribution in [2.45, 2.75) is 5.37 Å². The Labute approximate surface area is 126 Å². The highest BCUT2D eigenvalue weighted by Gasteiger charge is 2.33. The zero-order valence-electron chi connectivity index (χ0n) is 11.1. The molecule has 4 nitrogen and oxygen atoms in total. The minimum Gasteiger partial charge on any atom is -0.545 e. The first-order valence-electron chi connectivity index (χ1n) is 6.47. The van der Waals surface area contributed by atoms with Gasteiger partial charge in [0.1, 0.15) is 5.37 Å². The number of carboxylic acids is 1. The van der Waals surface area contributed by atoms with Crippen molar-refractivity contribution in [3.8, 4) is 0 Å². The van der Waals surface area contributed by atoms with E-state index in [1.807, 2.05) is 30.3 Å². The molecule has 0 spiro atoms. The molecule has 3 rings (SSSR count). The normalized spacial score (nSPS) is 18.0. The SMILES string of the molecule is O=C([O-])c1cccc(N2C(=O)CS[C@@H]2c2ccccc2)c1. The second kappa shape index (κ2) is 5.61. The van der Waals surface area contributed by atoms with Gasteiger partial charge in [-0.1, -0.05) is 42.5 Å². The number of carboxylic acid groups (broad SMARTS) is 1. The Hall–Kier alpha value is -2.27. The Morgan fingerprint density at radius 3 is 2.62 bits per heavy atom. The summed E-state index contributed by atoms with van der Waals surface area (Å²) in [4.78, 5) is 24.8. The van der Waals surface area contributed by atoms with Gasteiger partial charge in [-0.25, -0.2) is 0 Å². The molecule has 0 unspecified atom stereocenters. The molecule has 1 aliphatic heterocycles. The number of carbonyl (C=O) groups excluding carboxylic acids is 2. The predicted molar refractivity (Wildman–Crippen MR) is 79.9 cm³/mol. The molecular weight excluding hydrogens is 286 g/mol. The van der Waals surface area contributed by atoms with Gasteiger partial charge >= 0.3 is 0 Å². The second-order valence-corrected chi connectivity index (χ2v) is 5.74. The zero-order valence-corrected chi connectivity index (χ0v) is 11.9. The van der Waals surface area contributed by atoms with Crippen LogP contribution in [0.2, 0.25) is 0 Å². The van der Waals surface area contributed by atoms with Crippen molar-refractivity contribution in [3.63, 3.8) is 0 Å².